The number of hydrogen-bond acceptors (Lipinski definition) is 1. The van der Waals surface area contributed by atoms with E-state index in [1.807, 2.05) is 30.3 Å². The lowest BCUT2D eigenvalue weighted by molar-refractivity contribution is 0.319. The van der Waals surface area contributed by atoms with Gasteiger partial charge in [-0.05, 0) is 18.6 Å². The van der Waals surface area contributed by atoms with Gasteiger partial charge in [-0.25, -0.2) is 0 Å². The van der Waals surface area contributed by atoms with Crippen LogP contribution >= 0.6 is 12.6 Å². The van der Waals surface area contributed by atoms with Gasteiger partial charge in [0.1, 0.15) is 5.75 Å². The summed E-state index contributed by atoms with van der Waals surface area (Å²) < 4.78 is 5.38. The number of benzene rings is 1. The molecule has 1 rings (SSSR count). The molecule has 2 heteroatoms. The standard InChI is InChI=1S/C9H11OS/c11-8-4-7-10-9-5-2-1-3-6-9/h1-3,5-6H,4,7-8H2. The summed E-state index contributed by atoms with van der Waals surface area (Å²) in [6.07, 6.45) is 0.949. The molecule has 0 amide bonds. The Morgan fingerprint density at radius 1 is 1.18 bits per heavy atom. The minimum absolute atomic E-state index is 0.730. The van der Waals surface area contributed by atoms with Crippen molar-refractivity contribution in [2.24, 2.45) is 0 Å². The fraction of sp³-hybridized carbons (Fsp3) is 0.333. The second kappa shape index (κ2) is 5.08. The Morgan fingerprint density at radius 2 is 1.91 bits per heavy atom. The SMILES string of the molecule is [S]CCCOc1ccccc1. The van der Waals surface area contributed by atoms with E-state index in [9.17, 15) is 0 Å². The van der Waals surface area contributed by atoms with Crippen molar-refractivity contribution in [3.05, 3.63) is 30.3 Å². The van der Waals surface area contributed by atoms with E-state index in [0.29, 0.717) is 0 Å². The number of rotatable bonds is 4. The molecule has 0 heterocycles. The molecule has 1 nitrogen and oxygen atoms in total. The molecule has 0 N–H and O–H groups in total. The molecule has 0 saturated heterocycles. The minimum Gasteiger partial charge on any atom is -0.494 e. The molecule has 0 aliphatic heterocycles. The van der Waals surface area contributed by atoms with Gasteiger partial charge in [0.2, 0.25) is 0 Å². The van der Waals surface area contributed by atoms with E-state index in [1.165, 1.54) is 0 Å². The van der Waals surface area contributed by atoms with Crippen molar-refractivity contribution in [3.63, 3.8) is 0 Å². The lowest BCUT2D eigenvalue weighted by atomic mass is 10.3. The summed E-state index contributed by atoms with van der Waals surface area (Å²) in [4.78, 5) is 0. The van der Waals surface area contributed by atoms with Crippen LogP contribution in [0.25, 0.3) is 0 Å². The first-order chi connectivity index (χ1) is 5.43. The molecular weight excluding hydrogens is 156 g/mol. The first-order valence-corrected chi connectivity index (χ1v) is 4.27. The van der Waals surface area contributed by atoms with Crippen molar-refractivity contribution in [3.8, 4) is 5.75 Å². The van der Waals surface area contributed by atoms with Crippen molar-refractivity contribution in [2.45, 2.75) is 6.42 Å². The third-order valence-electron chi connectivity index (χ3n) is 1.30. The van der Waals surface area contributed by atoms with Crippen LogP contribution < -0.4 is 4.74 Å². The molecule has 59 valence electrons. The van der Waals surface area contributed by atoms with Crippen LogP contribution in [0.1, 0.15) is 6.42 Å². The molecular formula is C9H11OS. The fourth-order valence-corrected chi connectivity index (χ4v) is 0.884. The summed E-state index contributed by atoms with van der Waals surface area (Å²) in [5, 5.41) is 0. The highest BCUT2D eigenvalue weighted by molar-refractivity contribution is 7.80. The maximum Gasteiger partial charge on any atom is 0.119 e. The minimum atomic E-state index is 0.730. The second-order valence-electron chi connectivity index (χ2n) is 2.22. The summed E-state index contributed by atoms with van der Waals surface area (Å²) in [6.45, 7) is 0.730. The van der Waals surface area contributed by atoms with E-state index in [1.54, 1.807) is 0 Å². The van der Waals surface area contributed by atoms with Gasteiger partial charge in [-0.15, -0.1) is 0 Å². The molecule has 0 aromatic heterocycles. The van der Waals surface area contributed by atoms with Gasteiger partial charge < -0.3 is 4.74 Å². The molecule has 0 aliphatic carbocycles. The van der Waals surface area contributed by atoms with Crippen molar-refractivity contribution in [2.75, 3.05) is 12.4 Å². The molecule has 0 aliphatic rings. The Hall–Kier alpha value is -0.630. The van der Waals surface area contributed by atoms with Crippen LogP contribution in [0.4, 0.5) is 0 Å². The Bertz CT molecular complexity index is 186. The maximum absolute atomic E-state index is 5.38. The zero-order valence-electron chi connectivity index (χ0n) is 6.32. The molecule has 1 radical (unpaired) electrons. The monoisotopic (exact) mass is 167 g/mol. The van der Waals surface area contributed by atoms with E-state index >= 15 is 0 Å². The van der Waals surface area contributed by atoms with Gasteiger partial charge in [0, 0.05) is 5.75 Å². The molecule has 1 aromatic rings. The van der Waals surface area contributed by atoms with Crippen LogP contribution in [-0.2, 0) is 0 Å². The average Bonchev–Trinajstić information content (AvgIpc) is 2.07. The van der Waals surface area contributed by atoms with Gasteiger partial charge in [0.05, 0.1) is 6.61 Å². The lowest BCUT2D eigenvalue weighted by Gasteiger charge is -2.02. The predicted octanol–water partition coefficient (Wildman–Crippen LogP) is 2.65. The maximum atomic E-state index is 5.38. The number of para-hydroxylation sites is 1. The molecule has 0 unspecified atom stereocenters. The molecule has 0 fully saturated rings. The summed E-state index contributed by atoms with van der Waals surface area (Å²) in [7, 11) is 0. The van der Waals surface area contributed by atoms with Crippen LogP contribution in [0, 0.1) is 0 Å². The third-order valence-corrected chi connectivity index (χ3v) is 1.59. The Labute approximate surface area is 72.8 Å². The van der Waals surface area contributed by atoms with Crippen LogP contribution in [0.15, 0.2) is 30.3 Å². The first-order valence-electron chi connectivity index (χ1n) is 3.69. The summed E-state index contributed by atoms with van der Waals surface area (Å²) >= 11 is 4.79. The zero-order valence-corrected chi connectivity index (χ0v) is 7.14. The Morgan fingerprint density at radius 3 is 2.55 bits per heavy atom. The van der Waals surface area contributed by atoms with Crippen molar-refractivity contribution in [1.82, 2.24) is 0 Å². The number of hydrogen-bond donors (Lipinski definition) is 0. The van der Waals surface area contributed by atoms with Gasteiger partial charge in [-0.3, -0.25) is 0 Å². The summed E-state index contributed by atoms with van der Waals surface area (Å²) in [5.74, 6) is 1.70. The summed E-state index contributed by atoms with van der Waals surface area (Å²) in [5.41, 5.74) is 0. The van der Waals surface area contributed by atoms with E-state index in [0.717, 1.165) is 24.5 Å². The molecule has 0 atom stereocenters. The highest BCUT2D eigenvalue weighted by Gasteiger charge is 1.88. The molecule has 0 saturated carbocycles. The third kappa shape index (κ3) is 3.33. The molecule has 11 heavy (non-hydrogen) atoms. The summed E-state index contributed by atoms with van der Waals surface area (Å²) in [6, 6.07) is 9.79. The normalized spacial score (nSPS) is 9.55. The van der Waals surface area contributed by atoms with Gasteiger partial charge in [0.15, 0.2) is 0 Å². The van der Waals surface area contributed by atoms with E-state index in [-0.39, 0.29) is 0 Å². The van der Waals surface area contributed by atoms with E-state index < -0.39 is 0 Å². The quantitative estimate of drug-likeness (QED) is 0.626. The lowest BCUT2D eigenvalue weighted by Crippen LogP contribution is -1.96. The fourth-order valence-electron chi connectivity index (χ4n) is 0.766. The van der Waals surface area contributed by atoms with E-state index in [2.05, 4.69) is 0 Å². The Balaban J connectivity index is 2.28. The first kappa shape index (κ1) is 8.47. The van der Waals surface area contributed by atoms with E-state index in [4.69, 9.17) is 17.4 Å². The smallest absolute Gasteiger partial charge is 0.119 e. The molecule has 1 aromatic carbocycles. The van der Waals surface area contributed by atoms with Crippen LogP contribution in [-0.4, -0.2) is 12.4 Å². The van der Waals surface area contributed by atoms with Crippen LogP contribution in [0.5, 0.6) is 5.75 Å². The second-order valence-corrected chi connectivity index (χ2v) is 2.63. The van der Waals surface area contributed by atoms with Gasteiger partial charge in [-0.2, -0.15) is 0 Å². The van der Waals surface area contributed by atoms with Crippen molar-refractivity contribution < 1.29 is 4.74 Å². The van der Waals surface area contributed by atoms with Crippen molar-refractivity contribution in [1.29, 1.82) is 0 Å². The highest BCUT2D eigenvalue weighted by Crippen LogP contribution is 2.08. The van der Waals surface area contributed by atoms with Crippen molar-refractivity contribution >= 4 is 12.6 Å². The molecule has 0 bridgehead atoms. The number of ether oxygens (including phenoxy) is 1. The van der Waals surface area contributed by atoms with Crippen LogP contribution in [0.3, 0.4) is 0 Å². The van der Waals surface area contributed by atoms with Crippen LogP contribution in [0.2, 0.25) is 0 Å². The topological polar surface area (TPSA) is 9.23 Å². The molecule has 0 spiro atoms. The van der Waals surface area contributed by atoms with Gasteiger partial charge in [0.25, 0.3) is 0 Å². The zero-order chi connectivity index (χ0) is 7.94. The van der Waals surface area contributed by atoms with Gasteiger partial charge in [-0.1, -0.05) is 30.8 Å². The predicted molar refractivity (Wildman–Crippen MR) is 49.0 cm³/mol. The average molecular weight is 167 g/mol. The Kier molecular flexibility index (Phi) is 3.91. The highest BCUT2D eigenvalue weighted by atomic mass is 32.1. The van der Waals surface area contributed by atoms with Gasteiger partial charge >= 0.3 is 0 Å². The largest absolute Gasteiger partial charge is 0.494 e.